The summed E-state index contributed by atoms with van der Waals surface area (Å²) in [5.41, 5.74) is 0.770. The van der Waals surface area contributed by atoms with Gasteiger partial charge in [0.15, 0.2) is 0 Å². The largest absolute Gasteiger partial charge is 0.491 e. The van der Waals surface area contributed by atoms with E-state index >= 15 is 0 Å². The number of nitrogens with one attached hydrogen (secondary N) is 2. The Labute approximate surface area is 165 Å². The second-order valence-corrected chi connectivity index (χ2v) is 7.62. The topological polar surface area (TPSA) is 67.4 Å². The van der Waals surface area contributed by atoms with Crippen LogP contribution in [0, 0.1) is 12.3 Å². The molecule has 0 unspecified atom stereocenters. The molecule has 144 valence electrons. The molecule has 0 radical (unpaired) electrons. The van der Waals surface area contributed by atoms with Gasteiger partial charge < -0.3 is 15.4 Å². The number of hydrogen-bond acceptors (Lipinski definition) is 3. The number of aryl methyl sites for hydroxylation is 1. The zero-order valence-corrected chi connectivity index (χ0v) is 17.0. The number of rotatable bonds is 6. The molecule has 0 saturated heterocycles. The number of ether oxygens (including phenoxy) is 1. The summed E-state index contributed by atoms with van der Waals surface area (Å²) in [6.07, 6.45) is 0.0722. The Morgan fingerprint density at radius 3 is 2.19 bits per heavy atom. The first-order valence-corrected chi connectivity index (χ1v) is 9.13. The zero-order valence-electron chi connectivity index (χ0n) is 16.2. The number of benzene rings is 2. The fourth-order valence-corrected chi connectivity index (χ4v) is 2.46. The van der Waals surface area contributed by atoms with Crippen molar-refractivity contribution in [3.05, 3.63) is 53.1 Å². The van der Waals surface area contributed by atoms with E-state index < -0.39 is 17.2 Å². The van der Waals surface area contributed by atoms with Crippen LogP contribution in [0.5, 0.6) is 5.75 Å². The maximum atomic E-state index is 12.7. The SMILES string of the molecule is Cc1ccc(Cl)cc1NC(=O)C(C)(C)C(=O)Nc1ccc(OC(C)C)cc1. The fraction of sp³-hybridized carbons (Fsp3) is 0.333. The molecule has 0 fully saturated rings. The van der Waals surface area contributed by atoms with Crippen LogP contribution in [-0.2, 0) is 9.59 Å². The van der Waals surface area contributed by atoms with Crippen molar-refractivity contribution >= 4 is 34.8 Å². The molecule has 0 aromatic heterocycles. The molecule has 0 heterocycles. The maximum Gasteiger partial charge on any atom is 0.239 e. The summed E-state index contributed by atoms with van der Waals surface area (Å²) in [4.78, 5) is 25.3. The highest BCUT2D eigenvalue weighted by Gasteiger charge is 2.36. The molecular weight excluding hydrogens is 364 g/mol. The first-order valence-electron chi connectivity index (χ1n) is 8.75. The van der Waals surface area contributed by atoms with Crippen LogP contribution in [0.4, 0.5) is 11.4 Å². The molecule has 0 aliphatic carbocycles. The monoisotopic (exact) mass is 388 g/mol. The first-order chi connectivity index (χ1) is 12.6. The highest BCUT2D eigenvalue weighted by atomic mass is 35.5. The van der Waals surface area contributed by atoms with Crippen molar-refractivity contribution in [2.24, 2.45) is 5.41 Å². The number of halogens is 1. The van der Waals surface area contributed by atoms with Gasteiger partial charge in [0, 0.05) is 16.4 Å². The molecule has 0 aliphatic rings. The van der Waals surface area contributed by atoms with Crippen LogP contribution in [0.1, 0.15) is 33.3 Å². The smallest absolute Gasteiger partial charge is 0.239 e. The summed E-state index contributed by atoms with van der Waals surface area (Å²) in [6, 6.07) is 12.3. The minimum absolute atomic E-state index is 0.0722. The average Bonchev–Trinajstić information content (AvgIpc) is 2.59. The molecule has 2 rings (SSSR count). The van der Waals surface area contributed by atoms with E-state index in [1.54, 1.807) is 50.2 Å². The summed E-state index contributed by atoms with van der Waals surface area (Å²) in [6.45, 7) is 8.90. The fourth-order valence-electron chi connectivity index (χ4n) is 2.29. The van der Waals surface area contributed by atoms with Gasteiger partial charge in [0.05, 0.1) is 6.10 Å². The number of hydrogen-bond donors (Lipinski definition) is 2. The van der Waals surface area contributed by atoms with E-state index in [0.717, 1.165) is 11.3 Å². The zero-order chi connectivity index (χ0) is 20.2. The van der Waals surface area contributed by atoms with Crippen molar-refractivity contribution in [3.63, 3.8) is 0 Å². The van der Waals surface area contributed by atoms with Crippen molar-refractivity contribution in [2.75, 3.05) is 10.6 Å². The summed E-state index contributed by atoms with van der Waals surface area (Å²) >= 11 is 5.99. The second kappa shape index (κ2) is 8.44. The maximum absolute atomic E-state index is 12.7. The average molecular weight is 389 g/mol. The molecule has 2 amide bonds. The molecular formula is C21H25ClN2O3. The van der Waals surface area contributed by atoms with Gasteiger partial charge in [0.2, 0.25) is 11.8 Å². The highest BCUT2D eigenvalue weighted by Crippen LogP contribution is 2.25. The van der Waals surface area contributed by atoms with E-state index in [1.807, 2.05) is 26.8 Å². The lowest BCUT2D eigenvalue weighted by atomic mass is 9.90. The third-order valence-electron chi connectivity index (χ3n) is 4.07. The Kier molecular flexibility index (Phi) is 6.50. The normalized spacial score (nSPS) is 11.2. The molecule has 0 bridgehead atoms. The van der Waals surface area contributed by atoms with Crippen LogP contribution in [0.3, 0.4) is 0 Å². The van der Waals surface area contributed by atoms with E-state index in [-0.39, 0.29) is 6.10 Å². The van der Waals surface area contributed by atoms with E-state index in [0.29, 0.717) is 16.4 Å². The van der Waals surface area contributed by atoms with Gasteiger partial charge in [-0.3, -0.25) is 9.59 Å². The van der Waals surface area contributed by atoms with Crippen LogP contribution in [0.15, 0.2) is 42.5 Å². The molecule has 5 nitrogen and oxygen atoms in total. The Morgan fingerprint density at radius 1 is 1.00 bits per heavy atom. The summed E-state index contributed by atoms with van der Waals surface area (Å²) in [5, 5.41) is 6.07. The highest BCUT2D eigenvalue weighted by molar-refractivity contribution is 6.31. The third-order valence-corrected chi connectivity index (χ3v) is 4.30. The predicted octanol–water partition coefficient (Wildman–Crippen LogP) is 5.04. The van der Waals surface area contributed by atoms with Crippen molar-refractivity contribution < 1.29 is 14.3 Å². The van der Waals surface area contributed by atoms with Crippen molar-refractivity contribution in [3.8, 4) is 5.75 Å². The second-order valence-electron chi connectivity index (χ2n) is 7.18. The van der Waals surface area contributed by atoms with Crippen LogP contribution >= 0.6 is 11.6 Å². The van der Waals surface area contributed by atoms with Gasteiger partial charge in [-0.1, -0.05) is 17.7 Å². The molecule has 6 heteroatoms. The lowest BCUT2D eigenvalue weighted by molar-refractivity contribution is -0.135. The van der Waals surface area contributed by atoms with Crippen molar-refractivity contribution in [2.45, 2.75) is 40.7 Å². The molecule has 2 aromatic rings. The van der Waals surface area contributed by atoms with E-state index in [1.165, 1.54) is 0 Å². The minimum Gasteiger partial charge on any atom is -0.491 e. The summed E-state index contributed by atoms with van der Waals surface area (Å²) in [5.74, 6) is -0.0984. The standard InChI is InChI=1S/C21H25ClN2O3/c1-13(2)27-17-10-8-16(9-11-17)23-19(25)21(4,5)20(26)24-18-12-15(22)7-6-14(18)3/h6-13H,1-5H3,(H,23,25)(H,24,26). The van der Waals surface area contributed by atoms with Crippen LogP contribution in [0.2, 0.25) is 5.02 Å². The van der Waals surface area contributed by atoms with Gasteiger partial charge in [-0.2, -0.15) is 0 Å². The third kappa shape index (κ3) is 5.47. The molecule has 2 aromatic carbocycles. The Morgan fingerprint density at radius 2 is 1.59 bits per heavy atom. The summed E-state index contributed by atoms with van der Waals surface area (Å²) in [7, 11) is 0. The quantitative estimate of drug-likeness (QED) is 0.681. The number of amides is 2. The lowest BCUT2D eigenvalue weighted by Gasteiger charge is -2.23. The number of carbonyl (C=O) groups is 2. The minimum atomic E-state index is -1.28. The van der Waals surface area contributed by atoms with Gasteiger partial charge in [-0.05, 0) is 76.6 Å². The Hall–Kier alpha value is -2.53. The predicted molar refractivity (Wildman–Crippen MR) is 109 cm³/mol. The molecule has 0 aliphatic heterocycles. The van der Waals surface area contributed by atoms with Crippen LogP contribution in [0.25, 0.3) is 0 Å². The van der Waals surface area contributed by atoms with E-state index in [2.05, 4.69) is 10.6 Å². The Bertz CT molecular complexity index is 830. The van der Waals surface area contributed by atoms with Gasteiger partial charge in [-0.25, -0.2) is 0 Å². The number of carbonyl (C=O) groups excluding carboxylic acids is 2. The van der Waals surface area contributed by atoms with Gasteiger partial charge >= 0.3 is 0 Å². The van der Waals surface area contributed by atoms with Crippen LogP contribution in [-0.4, -0.2) is 17.9 Å². The van der Waals surface area contributed by atoms with E-state index in [9.17, 15) is 9.59 Å². The summed E-state index contributed by atoms with van der Waals surface area (Å²) < 4.78 is 5.58. The van der Waals surface area contributed by atoms with Gasteiger partial charge in [0.1, 0.15) is 11.2 Å². The van der Waals surface area contributed by atoms with Gasteiger partial charge in [0.25, 0.3) is 0 Å². The first kappa shape index (κ1) is 20.8. The molecule has 27 heavy (non-hydrogen) atoms. The number of anilines is 2. The molecule has 2 N–H and O–H groups in total. The van der Waals surface area contributed by atoms with E-state index in [4.69, 9.17) is 16.3 Å². The van der Waals surface area contributed by atoms with Gasteiger partial charge in [-0.15, -0.1) is 0 Å². The van der Waals surface area contributed by atoms with Crippen molar-refractivity contribution in [1.29, 1.82) is 0 Å². The molecule has 0 saturated carbocycles. The lowest BCUT2D eigenvalue weighted by Crippen LogP contribution is -2.41. The Balaban J connectivity index is 2.07. The molecule has 0 spiro atoms. The van der Waals surface area contributed by atoms with Crippen LogP contribution < -0.4 is 15.4 Å². The van der Waals surface area contributed by atoms with Crippen molar-refractivity contribution in [1.82, 2.24) is 0 Å². The molecule has 0 atom stereocenters.